The molecule has 0 unspecified atom stereocenters. The molecule has 3 aromatic rings. The Balaban J connectivity index is 1.75. The number of hydrogen-bond acceptors (Lipinski definition) is 4. The van der Waals surface area contributed by atoms with Crippen molar-refractivity contribution in [3.63, 3.8) is 0 Å². The highest BCUT2D eigenvalue weighted by atomic mass is 35.5. The molecular weight excluding hydrogens is 432 g/mol. The number of amides is 2. The van der Waals surface area contributed by atoms with Crippen LogP contribution in [0.5, 0.6) is 5.75 Å². The van der Waals surface area contributed by atoms with Gasteiger partial charge < -0.3 is 4.74 Å². The van der Waals surface area contributed by atoms with Crippen LogP contribution in [0.1, 0.15) is 5.56 Å². The monoisotopic (exact) mass is 448 g/mol. The zero-order valence-electron chi connectivity index (χ0n) is 16.5. The number of methoxy groups -OCH3 is 1. The summed E-state index contributed by atoms with van der Waals surface area (Å²) < 4.78 is 5.22. The number of rotatable bonds is 4. The smallest absolute Gasteiger partial charge is 0.270 e. The number of ether oxygens (including phenoxy) is 1. The second-order valence-electron chi connectivity index (χ2n) is 6.75. The van der Waals surface area contributed by atoms with Gasteiger partial charge in [-0.2, -0.15) is 0 Å². The molecule has 2 amide bonds. The summed E-state index contributed by atoms with van der Waals surface area (Å²) in [5, 5.41) is 3.16. The molecule has 3 aromatic carbocycles. The summed E-state index contributed by atoms with van der Waals surface area (Å²) in [6.07, 6.45) is 1.59. The Kier molecular flexibility index (Phi) is 5.84. The van der Waals surface area contributed by atoms with Crippen molar-refractivity contribution in [2.45, 2.75) is 0 Å². The van der Waals surface area contributed by atoms with Gasteiger partial charge >= 0.3 is 0 Å². The van der Waals surface area contributed by atoms with Gasteiger partial charge in [0.25, 0.3) is 11.8 Å². The van der Waals surface area contributed by atoms with E-state index >= 15 is 0 Å². The minimum Gasteiger partial charge on any atom is -0.497 e. The Morgan fingerprint density at radius 3 is 2.32 bits per heavy atom. The number of anilines is 1. The Bertz CT molecular complexity index is 1200. The van der Waals surface area contributed by atoms with E-state index in [4.69, 9.17) is 28.6 Å². The lowest BCUT2D eigenvalue weighted by Gasteiger charge is -2.29. The second-order valence-corrected chi connectivity index (χ2v) is 7.57. The molecule has 1 aliphatic rings. The minimum atomic E-state index is -0.537. The van der Waals surface area contributed by atoms with Gasteiger partial charge in [-0.15, -0.1) is 0 Å². The standard InChI is InChI=1S/C24H17ClN2O3S/c1-30-19-12-6-15(7-13-19)20-5-3-2-4-16(20)14-21-22(28)26-24(31)27(23(21)29)18-10-8-17(25)9-11-18/h2-14H,1H3,(H,26,28,31)/b21-14-. The molecule has 0 aliphatic carbocycles. The molecule has 1 heterocycles. The molecule has 5 nitrogen and oxygen atoms in total. The van der Waals surface area contributed by atoms with Crippen molar-refractivity contribution in [2.75, 3.05) is 12.0 Å². The molecule has 1 fully saturated rings. The van der Waals surface area contributed by atoms with Crippen molar-refractivity contribution in [1.82, 2.24) is 5.32 Å². The molecule has 154 valence electrons. The van der Waals surface area contributed by atoms with E-state index in [0.29, 0.717) is 10.7 Å². The first-order valence-electron chi connectivity index (χ1n) is 9.38. The third-order valence-electron chi connectivity index (χ3n) is 4.85. The molecule has 31 heavy (non-hydrogen) atoms. The zero-order valence-corrected chi connectivity index (χ0v) is 18.0. The van der Waals surface area contributed by atoms with Gasteiger partial charge in [-0.1, -0.05) is 48.0 Å². The van der Waals surface area contributed by atoms with E-state index in [2.05, 4.69) is 5.32 Å². The normalized spacial score (nSPS) is 15.2. The van der Waals surface area contributed by atoms with E-state index in [1.165, 1.54) is 4.90 Å². The lowest BCUT2D eigenvalue weighted by atomic mass is 9.97. The fourth-order valence-electron chi connectivity index (χ4n) is 3.29. The van der Waals surface area contributed by atoms with Gasteiger partial charge in [0.1, 0.15) is 11.3 Å². The average molecular weight is 449 g/mol. The quantitative estimate of drug-likeness (QED) is 0.352. The Hall–Kier alpha value is -3.48. The maximum atomic E-state index is 13.2. The molecule has 0 radical (unpaired) electrons. The van der Waals surface area contributed by atoms with E-state index in [1.807, 2.05) is 48.5 Å². The van der Waals surface area contributed by atoms with Gasteiger partial charge in [-0.25, -0.2) is 0 Å². The predicted molar refractivity (Wildman–Crippen MR) is 126 cm³/mol. The summed E-state index contributed by atoms with van der Waals surface area (Å²) in [5.74, 6) is -0.293. The van der Waals surface area contributed by atoms with Crippen LogP contribution in [0.2, 0.25) is 5.02 Å². The van der Waals surface area contributed by atoms with E-state index < -0.39 is 11.8 Å². The van der Waals surface area contributed by atoms with Gasteiger partial charge in [0.15, 0.2) is 5.11 Å². The van der Waals surface area contributed by atoms with Crippen molar-refractivity contribution < 1.29 is 14.3 Å². The molecule has 0 spiro atoms. The van der Waals surface area contributed by atoms with Crippen molar-refractivity contribution >= 4 is 52.5 Å². The number of benzene rings is 3. The molecule has 1 saturated heterocycles. The highest BCUT2D eigenvalue weighted by Crippen LogP contribution is 2.29. The van der Waals surface area contributed by atoms with Crippen LogP contribution >= 0.6 is 23.8 Å². The fraction of sp³-hybridized carbons (Fsp3) is 0.0417. The maximum Gasteiger partial charge on any atom is 0.270 e. The summed E-state index contributed by atoms with van der Waals surface area (Å²) >= 11 is 11.2. The van der Waals surface area contributed by atoms with Crippen LogP contribution in [-0.2, 0) is 9.59 Å². The van der Waals surface area contributed by atoms with Crippen LogP contribution in [0.3, 0.4) is 0 Å². The Morgan fingerprint density at radius 2 is 1.65 bits per heavy atom. The van der Waals surface area contributed by atoms with Crippen LogP contribution in [0.15, 0.2) is 78.4 Å². The lowest BCUT2D eigenvalue weighted by molar-refractivity contribution is -0.122. The van der Waals surface area contributed by atoms with Gasteiger partial charge in [0.05, 0.1) is 12.8 Å². The third-order valence-corrected chi connectivity index (χ3v) is 5.38. The van der Waals surface area contributed by atoms with Crippen LogP contribution in [0.25, 0.3) is 17.2 Å². The van der Waals surface area contributed by atoms with E-state index in [1.54, 1.807) is 37.5 Å². The SMILES string of the molecule is COc1ccc(-c2ccccc2/C=C2/C(=O)NC(=S)N(c3ccc(Cl)cc3)C2=O)cc1. The summed E-state index contributed by atoms with van der Waals surface area (Å²) in [7, 11) is 1.61. The number of carbonyl (C=O) groups excluding carboxylic acids is 2. The number of carbonyl (C=O) groups is 2. The van der Waals surface area contributed by atoms with E-state index in [0.717, 1.165) is 22.4 Å². The molecule has 0 atom stereocenters. The molecule has 0 bridgehead atoms. The molecule has 0 aromatic heterocycles. The molecule has 1 N–H and O–H groups in total. The van der Waals surface area contributed by atoms with Gasteiger partial charge in [-0.05, 0) is 71.4 Å². The molecule has 4 rings (SSSR count). The highest BCUT2D eigenvalue weighted by molar-refractivity contribution is 7.80. The van der Waals surface area contributed by atoms with E-state index in [-0.39, 0.29) is 10.7 Å². The number of thiocarbonyl (C=S) groups is 1. The van der Waals surface area contributed by atoms with Gasteiger partial charge in [0.2, 0.25) is 0 Å². The number of nitrogens with zero attached hydrogens (tertiary/aromatic N) is 1. The summed E-state index contributed by atoms with van der Waals surface area (Å²) in [5.41, 5.74) is 3.06. The first-order valence-corrected chi connectivity index (χ1v) is 10.2. The molecule has 0 saturated carbocycles. The van der Waals surface area contributed by atoms with Crippen molar-refractivity contribution in [2.24, 2.45) is 0 Å². The van der Waals surface area contributed by atoms with Crippen molar-refractivity contribution in [1.29, 1.82) is 0 Å². The van der Waals surface area contributed by atoms with Crippen LogP contribution in [-0.4, -0.2) is 24.0 Å². The Morgan fingerprint density at radius 1 is 0.968 bits per heavy atom. The Labute approximate surface area is 189 Å². The molecular formula is C24H17ClN2O3S. The van der Waals surface area contributed by atoms with Crippen LogP contribution in [0.4, 0.5) is 5.69 Å². The number of hydrogen-bond donors (Lipinski definition) is 1. The predicted octanol–water partition coefficient (Wildman–Crippen LogP) is 4.85. The molecule has 7 heteroatoms. The third kappa shape index (κ3) is 4.21. The first-order chi connectivity index (χ1) is 15.0. The zero-order chi connectivity index (χ0) is 22.0. The topological polar surface area (TPSA) is 58.6 Å². The summed E-state index contributed by atoms with van der Waals surface area (Å²) in [4.78, 5) is 27.1. The fourth-order valence-corrected chi connectivity index (χ4v) is 3.70. The van der Waals surface area contributed by atoms with E-state index in [9.17, 15) is 9.59 Å². The van der Waals surface area contributed by atoms with Crippen molar-refractivity contribution in [3.05, 3.63) is 89.0 Å². The maximum absolute atomic E-state index is 13.2. The van der Waals surface area contributed by atoms with Crippen LogP contribution in [0, 0.1) is 0 Å². The van der Waals surface area contributed by atoms with Crippen molar-refractivity contribution in [3.8, 4) is 16.9 Å². The van der Waals surface area contributed by atoms with Gasteiger partial charge in [-0.3, -0.25) is 19.8 Å². The first kappa shape index (κ1) is 20.8. The van der Waals surface area contributed by atoms with Gasteiger partial charge in [0, 0.05) is 5.02 Å². The number of nitrogens with one attached hydrogen (secondary N) is 1. The lowest BCUT2D eigenvalue weighted by Crippen LogP contribution is -2.54. The molecule has 1 aliphatic heterocycles. The largest absolute Gasteiger partial charge is 0.497 e. The minimum absolute atomic E-state index is 0.00971. The highest BCUT2D eigenvalue weighted by Gasteiger charge is 2.34. The van der Waals surface area contributed by atoms with Crippen LogP contribution < -0.4 is 15.0 Å². The summed E-state index contributed by atoms with van der Waals surface area (Å²) in [6.45, 7) is 0. The average Bonchev–Trinajstić information content (AvgIpc) is 2.78. The number of halogens is 1. The second kappa shape index (κ2) is 8.71. The summed E-state index contributed by atoms with van der Waals surface area (Å²) in [6, 6.07) is 21.8.